The van der Waals surface area contributed by atoms with Crippen molar-refractivity contribution in [2.75, 3.05) is 69.4 Å². The molecule has 0 amide bonds. The quantitative estimate of drug-likeness (QED) is 0.287. The minimum atomic E-state index is -0.0929. The molecule has 3 aromatic rings. The van der Waals surface area contributed by atoms with Gasteiger partial charge in [0.15, 0.2) is 5.11 Å². The summed E-state index contributed by atoms with van der Waals surface area (Å²) in [5, 5.41) is 24.3. The lowest BCUT2D eigenvalue weighted by molar-refractivity contribution is 0.297. The Labute approximate surface area is 200 Å². The van der Waals surface area contributed by atoms with Crippen LogP contribution < -0.4 is 15.0 Å². The molecule has 0 aliphatic carbocycles. The fourth-order valence-electron chi connectivity index (χ4n) is 4.46. The van der Waals surface area contributed by atoms with Crippen molar-refractivity contribution in [3.63, 3.8) is 0 Å². The standard InChI is InChI=1S/C24H31N6O2S/c1-26(2)13-7-15-28-19-11-12-20(30(31)32)22-21(19)23(17-9-5-6-10-18(17)25-22)29(24(28)33)16-8-14-27(3)4/h5-6,9-12,31H,7-8,13-16H2,1-4H3/q-1. The third-order valence-electron chi connectivity index (χ3n) is 5.97. The van der Waals surface area contributed by atoms with Crippen molar-refractivity contribution in [1.29, 1.82) is 0 Å². The molecule has 2 aromatic carbocycles. The maximum Gasteiger partial charge on any atom is 0.180 e. The maximum atomic E-state index is 12.0. The van der Waals surface area contributed by atoms with Gasteiger partial charge in [-0.2, -0.15) is 0 Å². The molecule has 0 saturated heterocycles. The van der Waals surface area contributed by atoms with Crippen LogP contribution in [0.2, 0.25) is 0 Å². The lowest BCUT2D eigenvalue weighted by Crippen LogP contribution is -2.48. The van der Waals surface area contributed by atoms with E-state index in [0.29, 0.717) is 5.52 Å². The van der Waals surface area contributed by atoms with Crippen LogP contribution in [0.15, 0.2) is 36.4 Å². The largest absolute Gasteiger partial charge is 0.733 e. The first kappa shape index (κ1) is 23.6. The molecule has 0 unspecified atom stereocenters. The molecule has 1 N–H and O–H groups in total. The van der Waals surface area contributed by atoms with Gasteiger partial charge in [0.2, 0.25) is 0 Å². The van der Waals surface area contributed by atoms with Crippen LogP contribution in [0.4, 0.5) is 17.1 Å². The summed E-state index contributed by atoms with van der Waals surface area (Å²) in [7, 11) is 8.25. The summed E-state index contributed by atoms with van der Waals surface area (Å²) in [6.07, 6.45) is 1.87. The molecule has 0 bridgehead atoms. The SMILES string of the molecule is CN(C)CCCN1C(=S)N(CCCN(C)C)c2c3ccccc3nc3c(N([O-])O)ccc1c23. The number of thiocarbonyl (C=S) groups is 1. The summed E-state index contributed by atoms with van der Waals surface area (Å²) >= 11 is 6.06. The highest BCUT2D eigenvalue weighted by Gasteiger charge is 2.32. The summed E-state index contributed by atoms with van der Waals surface area (Å²) in [4.78, 5) is 13.5. The first-order chi connectivity index (χ1) is 15.8. The lowest BCUT2D eigenvalue weighted by atomic mass is 10.0. The van der Waals surface area contributed by atoms with Gasteiger partial charge in [0.05, 0.1) is 33.5 Å². The zero-order valence-electron chi connectivity index (χ0n) is 19.7. The van der Waals surface area contributed by atoms with E-state index in [1.807, 2.05) is 30.3 Å². The highest BCUT2D eigenvalue weighted by atomic mass is 32.1. The number of benzene rings is 2. The van der Waals surface area contributed by atoms with Crippen molar-refractivity contribution in [1.82, 2.24) is 14.8 Å². The molecule has 1 aliphatic rings. The molecular formula is C24H31N6O2S-. The van der Waals surface area contributed by atoms with E-state index in [-0.39, 0.29) is 10.9 Å². The number of para-hydroxylation sites is 1. The van der Waals surface area contributed by atoms with Gasteiger partial charge in [-0.1, -0.05) is 18.2 Å². The number of fused-ring (bicyclic) bond motifs is 2. The normalized spacial score (nSPS) is 13.8. The third kappa shape index (κ3) is 4.60. The second kappa shape index (κ2) is 9.74. The number of pyridine rings is 1. The molecule has 2 heterocycles. The molecule has 8 nitrogen and oxygen atoms in total. The summed E-state index contributed by atoms with van der Waals surface area (Å²) in [6.45, 7) is 3.37. The van der Waals surface area contributed by atoms with Gasteiger partial charge < -0.3 is 30.0 Å². The number of rotatable bonds is 9. The molecule has 4 rings (SSSR count). The fourth-order valence-corrected chi connectivity index (χ4v) is 4.83. The number of anilines is 3. The Morgan fingerprint density at radius 1 is 0.939 bits per heavy atom. The van der Waals surface area contributed by atoms with Gasteiger partial charge in [-0.15, -0.1) is 0 Å². The molecule has 0 radical (unpaired) electrons. The topological polar surface area (TPSA) is 72.4 Å². The van der Waals surface area contributed by atoms with Crippen molar-refractivity contribution in [3.05, 3.63) is 41.6 Å². The van der Waals surface area contributed by atoms with Crippen LogP contribution in [0.3, 0.4) is 0 Å². The Balaban J connectivity index is 1.94. The van der Waals surface area contributed by atoms with Crippen LogP contribution in [0.1, 0.15) is 12.8 Å². The van der Waals surface area contributed by atoms with Crippen LogP contribution in [-0.4, -0.2) is 79.5 Å². The van der Waals surface area contributed by atoms with Gasteiger partial charge in [0.25, 0.3) is 0 Å². The molecular weight excluding hydrogens is 436 g/mol. The molecule has 0 spiro atoms. The summed E-state index contributed by atoms with van der Waals surface area (Å²) < 4.78 is 0. The Kier molecular flexibility index (Phi) is 6.96. The lowest BCUT2D eigenvalue weighted by Gasteiger charge is -2.41. The van der Waals surface area contributed by atoms with E-state index in [9.17, 15) is 10.4 Å². The smallest absolute Gasteiger partial charge is 0.180 e. The first-order valence-corrected chi connectivity index (χ1v) is 11.6. The summed E-state index contributed by atoms with van der Waals surface area (Å²) in [6, 6.07) is 11.4. The van der Waals surface area contributed by atoms with E-state index in [1.165, 1.54) is 0 Å². The zero-order chi connectivity index (χ0) is 23.7. The van der Waals surface area contributed by atoms with E-state index in [2.05, 4.69) is 47.8 Å². The van der Waals surface area contributed by atoms with Crippen molar-refractivity contribution in [2.24, 2.45) is 0 Å². The average Bonchev–Trinajstić information content (AvgIpc) is 2.76. The second-order valence-corrected chi connectivity index (χ2v) is 9.34. The molecule has 0 saturated carbocycles. The van der Waals surface area contributed by atoms with Gasteiger partial charge in [-0.05, 0) is 84.5 Å². The second-order valence-electron chi connectivity index (χ2n) is 8.98. The minimum Gasteiger partial charge on any atom is -0.733 e. The van der Waals surface area contributed by atoms with E-state index in [1.54, 1.807) is 6.07 Å². The van der Waals surface area contributed by atoms with Gasteiger partial charge in [-0.25, -0.2) is 4.98 Å². The number of hydrogen-bond acceptors (Lipinski definition) is 7. The van der Waals surface area contributed by atoms with Crippen molar-refractivity contribution in [3.8, 4) is 0 Å². The van der Waals surface area contributed by atoms with Crippen LogP contribution in [0.25, 0.3) is 21.8 Å². The third-order valence-corrected chi connectivity index (χ3v) is 6.41. The number of aromatic nitrogens is 1. The van der Waals surface area contributed by atoms with Crippen LogP contribution in [-0.2, 0) is 0 Å². The molecule has 33 heavy (non-hydrogen) atoms. The molecule has 9 heteroatoms. The summed E-state index contributed by atoms with van der Waals surface area (Å²) in [5.74, 6) is 0. The monoisotopic (exact) mass is 467 g/mol. The van der Waals surface area contributed by atoms with E-state index in [4.69, 9.17) is 17.2 Å². The van der Waals surface area contributed by atoms with Crippen molar-refractivity contribution < 1.29 is 5.21 Å². The van der Waals surface area contributed by atoms with E-state index >= 15 is 0 Å². The Hall–Kier alpha value is -2.56. The Morgan fingerprint density at radius 2 is 1.58 bits per heavy atom. The van der Waals surface area contributed by atoms with Crippen LogP contribution in [0.5, 0.6) is 0 Å². The van der Waals surface area contributed by atoms with Gasteiger partial charge >= 0.3 is 0 Å². The van der Waals surface area contributed by atoms with Gasteiger partial charge in [0.1, 0.15) is 0 Å². The Morgan fingerprint density at radius 3 is 2.21 bits per heavy atom. The molecule has 176 valence electrons. The van der Waals surface area contributed by atoms with Crippen LogP contribution in [0, 0.1) is 5.21 Å². The highest BCUT2D eigenvalue weighted by molar-refractivity contribution is 7.80. The molecule has 1 aromatic heterocycles. The van der Waals surface area contributed by atoms with E-state index < -0.39 is 0 Å². The maximum absolute atomic E-state index is 12.0. The average molecular weight is 468 g/mol. The summed E-state index contributed by atoms with van der Waals surface area (Å²) in [5.41, 5.74) is 3.27. The first-order valence-electron chi connectivity index (χ1n) is 11.2. The number of nitrogens with zero attached hydrogens (tertiary/aromatic N) is 6. The molecule has 1 aliphatic heterocycles. The van der Waals surface area contributed by atoms with Gasteiger partial charge in [-0.3, -0.25) is 5.21 Å². The number of hydrogen-bond donors (Lipinski definition) is 1. The molecule has 0 fully saturated rings. The highest BCUT2D eigenvalue weighted by Crippen LogP contribution is 2.46. The van der Waals surface area contributed by atoms with E-state index in [0.717, 1.165) is 71.8 Å². The Bertz CT molecular complexity index is 1170. The van der Waals surface area contributed by atoms with Crippen molar-refractivity contribution >= 4 is 56.2 Å². The van der Waals surface area contributed by atoms with Gasteiger partial charge in [0, 0.05) is 18.5 Å². The van der Waals surface area contributed by atoms with Crippen molar-refractivity contribution in [2.45, 2.75) is 12.8 Å². The van der Waals surface area contributed by atoms with Crippen LogP contribution >= 0.6 is 12.2 Å². The molecule has 0 atom stereocenters. The zero-order valence-corrected chi connectivity index (χ0v) is 20.5. The predicted molar refractivity (Wildman–Crippen MR) is 141 cm³/mol. The predicted octanol–water partition coefficient (Wildman–Crippen LogP) is 3.90. The minimum absolute atomic E-state index is 0.0929. The fraction of sp³-hybridized carbons (Fsp3) is 0.417.